The quantitative estimate of drug-likeness (QED) is 0.568. The van der Waals surface area contributed by atoms with Gasteiger partial charge in [-0.2, -0.15) is 5.10 Å². The summed E-state index contributed by atoms with van der Waals surface area (Å²) in [5.41, 5.74) is 4.41. The second-order valence-corrected chi connectivity index (χ2v) is 7.33. The second-order valence-electron chi connectivity index (χ2n) is 6.18. The molecule has 2 aromatic heterocycles. The van der Waals surface area contributed by atoms with Crippen LogP contribution in [0, 0.1) is 0 Å². The number of benzene rings is 2. The minimum Gasteiger partial charge on any atom is -0.460 e. The zero-order valence-corrected chi connectivity index (χ0v) is 14.4. The molecule has 3 heterocycles. The van der Waals surface area contributed by atoms with Gasteiger partial charge in [0.1, 0.15) is 11.3 Å². The van der Waals surface area contributed by atoms with Gasteiger partial charge in [0.05, 0.1) is 6.20 Å². The van der Waals surface area contributed by atoms with E-state index in [1.807, 2.05) is 18.5 Å². The van der Waals surface area contributed by atoms with Gasteiger partial charge in [-0.1, -0.05) is 30.0 Å². The lowest BCUT2D eigenvalue weighted by Crippen LogP contribution is -2.22. The number of nitrogens with zero attached hydrogens (tertiary/aromatic N) is 1. The summed E-state index contributed by atoms with van der Waals surface area (Å²) >= 11 is 1.78. The van der Waals surface area contributed by atoms with Gasteiger partial charge in [-0.05, 0) is 24.3 Å². The molecule has 5 heteroatoms. The molecular formula is C20H17N3OS. The lowest BCUT2D eigenvalue weighted by Gasteiger charge is -2.11. The highest BCUT2D eigenvalue weighted by Gasteiger charge is 2.21. The summed E-state index contributed by atoms with van der Waals surface area (Å²) < 4.78 is 6.26. The maximum Gasteiger partial charge on any atom is 0.142 e. The number of furan rings is 1. The van der Waals surface area contributed by atoms with Crippen LogP contribution in [0.3, 0.4) is 0 Å². The van der Waals surface area contributed by atoms with Crippen molar-refractivity contribution in [2.75, 3.05) is 6.54 Å². The van der Waals surface area contributed by atoms with Gasteiger partial charge in [-0.15, -0.1) is 0 Å². The number of aromatic amines is 1. The molecule has 2 aromatic carbocycles. The molecule has 124 valence electrons. The summed E-state index contributed by atoms with van der Waals surface area (Å²) in [5.74, 6) is 1.11. The normalized spacial score (nSPS) is 13.9. The predicted octanol–water partition coefficient (Wildman–Crippen LogP) is 4.62. The van der Waals surface area contributed by atoms with Crippen LogP contribution in [0.25, 0.3) is 22.1 Å². The molecule has 1 aliphatic rings. The van der Waals surface area contributed by atoms with Crippen molar-refractivity contribution in [3.8, 4) is 11.1 Å². The first-order chi connectivity index (χ1) is 12.4. The average molecular weight is 347 g/mol. The highest BCUT2D eigenvalue weighted by Crippen LogP contribution is 2.40. The molecule has 0 atom stereocenters. The fourth-order valence-electron chi connectivity index (χ4n) is 3.38. The van der Waals surface area contributed by atoms with Crippen LogP contribution in [0.5, 0.6) is 0 Å². The van der Waals surface area contributed by atoms with Crippen LogP contribution in [-0.2, 0) is 13.0 Å². The number of aromatic nitrogens is 2. The van der Waals surface area contributed by atoms with Crippen LogP contribution < -0.4 is 5.32 Å². The summed E-state index contributed by atoms with van der Waals surface area (Å²) in [6, 6.07) is 14.9. The molecule has 0 saturated heterocycles. The third kappa shape index (κ3) is 2.65. The number of rotatable bonds is 3. The van der Waals surface area contributed by atoms with Crippen LogP contribution in [0.4, 0.5) is 0 Å². The first kappa shape index (κ1) is 14.8. The van der Waals surface area contributed by atoms with Crippen molar-refractivity contribution < 1.29 is 4.42 Å². The topological polar surface area (TPSA) is 53.9 Å². The first-order valence-electron chi connectivity index (χ1n) is 8.39. The van der Waals surface area contributed by atoms with E-state index in [0.717, 1.165) is 42.0 Å². The largest absolute Gasteiger partial charge is 0.460 e. The average Bonchev–Trinajstić information content (AvgIpc) is 3.30. The fourth-order valence-corrected chi connectivity index (χ4v) is 4.30. The summed E-state index contributed by atoms with van der Waals surface area (Å²) in [6.45, 7) is 1.84. The standard InChI is InChI=1S/C20H17N3OS/c1-2-4-14(5-3-1)25-15-8-16(13-10-22-23-11-13)20-17(9-15)18-12-21-7-6-19(18)24-20/h1-5,8-11,21H,6-7,12H2,(H,22,23). The van der Waals surface area contributed by atoms with Gasteiger partial charge < -0.3 is 9.73 Å². The Hall–Kier alpha value is -2.50. The molecule has 4 aromatic rings. The maximum atomic E-state index is 6.26. The van der Waals surface area contributed by atoms with Crippen molar-refractivity contribution in [1.29, 1.82) is 0 Å². The minimum atomic E-state index is 0.868. The van der Waals surface area contributed by atoms with Gasteiger partial charge >= 0.3 is 0 Å². The Balaban J connectivity index is 1.71. The third-order valence-corrected chi connectivity index (χ3v) is 5.55. The number of hydrogen-bond acceptors (Lipinski definition) is 4. The maximum absolute atomic E-state index is 6.26. The lowest BCUT2D eigenvalue weighted by atomic mass is 10.0. The van der Waals surface area contributed by atoms with Gasteiger partial charge in [-0.3, -0.25) is 5.10 Å². The van der Waals surface area contributed by atoms with Crippen LogP contribution >= 0.6 is 11.8 Å². The molecule has 1 aliphatic heterocycles. The number of hydrogen-bond donors (Lipinski definition) is 2. The number of fused-ring (bicyclic) bond motifs is 3. The molecule has 0 saturated carbocycles. The predicted molar refractivity (Wildman–Crippen MR) is 99.8 cm³/mol. The Morgan fingerprint density at radius 3 is 2.84 bits per heavy atom. The Bertz CT molecular complexity index is 1020. The van der Waals surface area contributed by atoms with E-state index in [0.29, 0.717) is 0 Å². The van der Waals surface area contributed by atoms with E-state index in [-0.39, 0.29) is 0 Å². The van der Waals surface area contributed by atoms with Gasteiger partial charge in [0.2, 0.25) is 0 Å². The molecule has 0 spiro atoms. The molecule has 0 fully saturated rings. The van der Waals surface area contributed by atoms with E-state index in [2.05, 4.69) is 51.9 Å². The third-order valence-electron chi connectivity index (χ3n) is 4.57. The lowest BCUT2D eigenvalue weighted by molar-refractivity contribution is 0.501. The van der Waals surface area contributed by atoms with Crippen molar-refractivity contribution >= 4 is 22.7 Å². The molecule has 2 N–H and O–H groups in total. The fraction of sp³-hybridized carbons (Fsp3) is 0.150. The van der Waals surface area contributed by atoms with E-state index in [1.165, 1.54) is 20.7 Å². The molecule has 5 rings (SSSR count). The summed E-state index contributed by atoms with van der Waals surface area (Å²) in [4.78, 5) is 2.44. The van der Waals surface area contributed by atoms with Crippen molar-refractivity contribution in [2.45, 2.75) is 22.8 Å². The van der Waals surface area contributed by atoms with Crippen molar-refractivity contribution in [3.05, 3.63) is 66.2 Å². The number of H-pyrrole nitrogens is 1. The summed E-state index contributed by atoms with van der Waals surface area (Å²) in [7, 11) is 0. The van der Waals surface area contributed by atoms with Crippen LogP contribution in [0.2, 0.25) is 0 Å². The van der Waals surface area contributed by atoms with Crippen molar-refractivity contribution in [1.82, 2.24) is 15.5 Å². The van der Waals surface area contributed by atoms with Gasteiger partial charge in [0.15, 0.2) is 0 Å². The molecular weight excluding hydrogens is 330 g/mol. The molecule has 25 heavy (non-hydrogen) atoms. The summed E-state index contributed by atoms with van der Waals surface area (Å²) in [6.07, 6.45) is 4.72. The van der Waals surface area contributed by atoms with E-state index >= 15 is 0 Å². The Morgan fingerprint density at radius 2 is 2.00 bits per heavy atom. The van der Waals surface area contributed by atoms with Crippen LogP contribution in [-0.4, -0.2) is 16.7 Å². The Kier molecular flexibility index (Phi) is 3.61. The van der Waals surface area contributed by atoms with Gasteiger partial charge in [-0.25, -0.2) is 0 Å². The first-order valence-corrected chi connectivity index (χ1v) is 9.21. The van der Waals surface area contributed by atoms with Crippen LogP contribution in [0.15, 0.2) is 69.1 Å². The molecule has 0 aliphatic carbocycles. The van der Waals surface area contributed by atoms with Crippen molar-refractivity contribution in [3.63, 3.8) is 0 Å². The molecule has 4 nitrogen and oxygen atoms in total. The van der Waals surface area contributed by atoms with Gasteiger partial charge in [0.25, 0.3) is 0 Å². The van der Waals surface area contributed by atoms with E-state index < -0.39 is 0 Å². The zero-order valence-electron chi connectivity index (χ0n) is 13.6. The van der Waals surface area contributed by atoms with Crippen molar-refractivity contribution in [2.24, 2.45) is 0 Å². The molecule has 0 radical (unpaired) electrons. The highest BCUT2D eigenvalue weighted by molar-refractivity contribution is 7.99. The Morgan fingerprint density at radius 1 is 1.08 bits per heavy atom. The Labute approximate surface area is 149 Å². The SMILES string of the molecule is c1ccc(Sc2cc(-c3cn[nH]c3)c3oc4c(c3c2)CNCC4)cc1. The smallest absolute Gasteiger partial charge is 0.142 e. The second kappa shape index (κ2) is 6.10. The molecule has 0 unspecified atom stereocenters. The highest BCUT2D eigenvalue weighted by atomic mass is 32.2. The van der Waals surface area contributed by atoms with E-state index in [1.54, 1.807) is 11.8 Å². The minimum absolute atomic E-state index is 0.868. The van der Waals surface area contributed by atoms with E-state index in [4.69, 9.17) is 4.42 Å². The number of nitrogens with one attached hydrogen (secondary N) is 2. The van der Waals surface area contributed by atoms with Gasteiger partial charge in [0, 0.05) is 57.6 Å². The molecule has 0 bridgehead atoms. The zero-order chi connectivity index (χ0) is 16.6. The van der Waals surface area contributed by atoms with Crippen LogP contribution in [0.1, 0.15) is 11.3 Å². The van der Waals surface area contributed by atoms with E-state index in [9.17, 15) is 0 Å². The summed E-state index contributed by atoms with van der Waals surface area (Å²) in [5, 5.41) is 11.7. The molecule has 0 amide bonds. The monoisotopic (exact) mass is 347 g/mol.